The van der Waals surface area contributed by atoms with Crippen LogP contribution in [0.1, 0.15) is 30.9 Å². The Labute approximate surface area is 126 Å². The third-order valence-electron chi connectivity index (χ3n) is 3.42. The second kappa shape index (κ2) is 6.58. The van der Waals surface area contributed by atoms with Crippen molar-refractivity contribution < 1.29 is 23.4 Å². The molecular weight excluding hydrogens is 304 g/mol. The van der Waals surface area contributed by atoms with Gasteiger partial charge >= 0.3 is 6.09 Å². The van der Waals surface area contributed by atoms with Crippen LogP contribution in [0.4, 0.5) is 13.6 Å². The predicted molar refractivity (Wildman–Crippen MR) is 73.0 cm³/mol. The van der Waals surface area contributed by atoms with Gasteiger partial charge in [-0.15, -0.1) is 0 Å². The maximum atomic E-state index is 13.9. The number of benzene rings is 1. The lowest BCUT2D eigenvalue weighted by Crippen LogP contribution is -2.31. The number of carbonyl (C=O) groups excluding carboxylic acids is 1. The summed E-state index contributed by atoms with van der Waals surface area (Å²) < 4.78 is 32.7. The van der Waals surface area contributed by atoms with E-state index in [0.29, 0.717) is 12.3 Å². The molecule has 116 valence electrons. The smallest absolute Gasteiger partial charge is 0.407 e. The maximum absolute atomic E-state index is 13.9. The molecule has 4 nitrogen and oxygen atoms in total. The van der Waals surface area contributed by atoms with E-state index in [-0.39, 0.29) is 5.02 Å². The van der Waals surface area contributed by atoms with Crippen molar-refractivity contribution in [2.45, 2.75) is 31.5 Å². The molecule has 1 saturated carbocycles. The molecule has 0 aliphatic heterocycles. The van der Waals surface area contributed by atoms with Crippen LogP contribution in [-0.4, -0.2) is 24.4 Å². The fraction of sp³-hybridized carbons (Fsp3) is 0.500. The van der Waals surface area contributed by atoms with Crippen molar-refractivity contribution in [1.29, 1.82) is 0 Å². The molecule has 1 fully saturated rings. The molecule has 0 saturated heterocycles. The molecule has 0 aromatic heterocycles. The van der Waals surface area contributed by atoms with Gasteiger partial charge in [0.25, 0.3) is 0 Å². The molecule has 21 heavy (non-hydrogen) atoms. The molecule has 2 N–H and O–H groups in total. The molecule has 2 atom stereocenters. The zero-order chi connectivity index (χ0) is 15.6. The summed E-state index contributed by atoms with van der Waals surface area (Å²) in [7, 11) is 1.37. The first kappa shape index (κ1) is 16.0. The summed E-state index contributed by atoms with van der Waals surface area (Å²) >= 11 is 5.55. The summed E-state index contributed by atoms with van der Waals surface area (Å²) in [5, 5.41) is 12.4. The van der Waals surface area contributed by atoms with Gasteiger partial charge in [0.2, 0.25) is 0 Å². The van der Waals surface area contributed by atoms with Gasteiger partial charge in [-0.2, -0.15) is 0 Å². The lowest BCUT2D eigenvalue weighted by atomic mass is 9.99. The highest BCUT2D eigenvalue weighted by atomic mass is 35.5. The van der Waals surface area contributed by atoms with Crippen LogP contribution in [0.25, 0.3) is 0 Å². The SMILES string of the molecule is CNC(=O)O[C@@H](CC1CC1)C(O)c1c(F)cc(Cl)cc1F. The Bertz CT molecular complexity index is 514. The molecule has 1 unspecified atom stereocenters. The topological polar surface area (TPSA) is 58.6 Å². The largest absolute Gasteiger partial charge is 0.443 e. The number of nitrogens with one attached hydrogen (secondary N) is 1. The van der Waals surface area contributed by atoms with Gasteiger partial charge in [-0.3, -0.25) is 0 Å². The minimum atomic E-state index is -1.58. The summed E-state index contributed by atoms with van der Waals surface area (Å²) in [5.41, 5.74) is -0.533. The van der Waals surface area contributed by atoms with Crippen LogP contribution in [0.3, 0.4) is 0 Å². The second-order valence-corrected chi connectivity index (χ2v) is 5.54. The highest BCUT2D eigenvalue weighted by Crippen LogP contribution is 2.38. The predicted octanol–water partition coefficient (Wildman–Crippen LogP) is 3.18. The van der Waals surface area contributed by atoms with Crippen LogP contribution in [0.2, 0.25) is 5.02 Å². The lowest BCUT2D eigenvalue weighted by Gasteiger charge is -2.24. The normalized spacial score (nSPS) is 17.2. The molecule has 0 radical (unpaired) electrons. The number of amides is 1. The van der Waals surface area contributed by atoms with Gasteiger partial charge in [-0.1, -0.05) is 24.4 Å². The van der Waals surface area contributed by atoms with E-state index >= 15 is 0 Å². The van der Waals surface area contributed by atoms with Crippen LogP contribution in [-0.2, 0) is 4.74 Å². The fourth-order valence-corrected chi connectivity index (χ4v) is 2.33. The van der Waals surface area contributed by atoms with Crippen molar-refractivity contribution in [2.75, 3.05) is 7.05 Å². The number of ether oxygens (including phenoxy) is 1. The molecule has 2 rings (SSSR count). The zero-order valence-electron chi connectivity index (χ0n) is 11.4. The highest BCUT2D eigenvalue weighted by Gasteiger charge is 2.35. The number of hydrogen-bond donors (Lipinski definition) is 2. The first-order valence-electron chi connectivity index (χ1n) is 6.63. The van der Waals surface area contributed by atoms with Gasteiger partial charge < -0.3 is 15.2 Å². The Morgan fingerprint density at radius 1 is 1.48 bits per heavy atom. The Hall–Kier alpha value is -1.40. The van der Waals surface area contributed by atoms with E-state index in [9.17, 15) is 18.7 Å². The van der Waals surface area contributed by atoms with Crippen molar-refractivity contribution in [3.05, 3.63) is 34.4 Å². The number of halogens is 3. The summed E-state index contributed by atoms with van der Waals surface area (Å²) in [4.78, 5) is 11.3. The number of aliphatic hydroxyl groups excluding tert-OH is 1. The van der Waals surface area contributed by atoms with Gasteiger partial charge in [0.1, 0.15) is 23.8 Å². The molecule has 1 amide bonds. The number of carbonyl (C=O) groups is 1. The van der Waals surface area contributed by atoms with Crippen molar-refractivity contribution in [3.63, 3.8) is 0 Å². The molecule has 0 spiro atoms. The van der Waals surface area contributed by atoms with E-state index in [2.05, 4.69) is 5.32 Å². The molecule has 0 bridgehead atoms. The van der Waals surface area contributed by atoms with Crippen molar-refractivity contribution in [2.24, 2.45) is 5.92 Å². The van der Waals surface area contributed by atoms with Crippen LogP contribution >= 0.6 is 11.6 Å². The third-order valence-corrected chi connectivity index (χ3v) is 3.64. The summed E-state index contributed by atoms with van der Waals surface area (Å²) in [6.45, 7) is 0. The molecule has 0 heterocycles. The first-order valence-corrected chi connectivity index (χ1v) is 7.01. The highest BCUT2D eigenvalue weighted by molar-refractivity contribution is 6.30. The molecule has 1 aliphatic rings. The summed E-state index contributed by atoms with van der Waals surface area (Å²) in [5.74, 6) is -1.63. The van der Waals surface area contributed by atoms with E-state index < -0.39 is 35.5 Å². The minimum absolute atomic E-state index is 0.105. The van der Waals surface area contributed by atoms with E-state index in [1.165, 1.54) is 7.05 Å². The van der Waals surface area contributed by atoms with Crippen molar-refractivity contribution in [3.8, 4) is 0 Å². The van der Waals surface area contributed by atoms with Crippen LogP contribution < -0.4 is 5.32 Å². The average molecular weight is 320 g/mol. The Morgan fingerprint density at radius 2 is 2.05 bits per heavy atom. The van der Waals surface area contributed by atoms with Crippen LogP contribution in [0.5, 0.6) is 0 Å². The fourth-order valence-electron chi connectivity index (χ4n) is 2.14. The van der Waals surface area contributed by atoms with Gasteiger partial charge in [-0.25, -0.2) is 13.6 Å². The molecule has 1 aliphatic carbocycles. The van der Waals surface area contributed by atoms with Gasteiger partial charge in [0.05, 0.1) is 5.56 Å². The maximum Gasteiger partial charge on any atom is 0.407 e. The third kappa shape index (κ3) is 4.04. The molecule has 7 heteroatoms. The van der Waals surface area contributed by atoms with Crippen LogP contribution in [0.15, 0.2) is 12.1 Å². The van der Waals surface area contributed by atoms with Crippen LogP contribution in [0, 0.1) is 17.6 Å². The van der Waals surface area contributed by atoms with Gasteiger partial charge in [0.15, 0.2) is 0 Å². The van der Waals surface area contributed by atoms with Crippen molar-refractivity contribution in [1.82, 2.24) is 5.32 Å². The summed E-state index contributed by atoms with van der Waals surface area (Å²) in [6, 6.07) is 1.83. The molecule has 1 aromatic rings. The number of rotatable bonds is 5. The lowest BCUT2D eigenvalue weighted by molar-refractivity contribution is -0.00827. The number of aliphatic hydroxyl groups is 1. The Kier molecular flexibility index (Phi) is 5.00. The van der Waals surface area contributed by atoms with Gasteiger partial charge in [-0.05, 0) is 24.5 Å². The number of hydrogen-bond acceptors (Lipinski definition) is 3. The quantitative estimate of drug-likeness (QED) is 0.876. The molecule has 1 aromatic carbocycles. The summed E-state index contributed by atoms with van der Waals surface area (Å²) in [6.07, 6.45) is -1.09. The average Bonchev–Trinajstić information content (AvgIpc) is 3.20. The first-order chi connectivity index (χ1) is 9.92. The van der Waals surface area contributed by atoms with Crippen molar-refractivity contribution >= 4 is 17.7 Å². The number of alkyl carbamates (subject to hydrolysis) is 1. The monoisotopic (exact) mass is 319 g/mol. The van der Waals surface area contributed by atoms with E-state index in [1.807, 2.05) is 0 Å². The zero-order valence-corrected chi connectivity index (χ0v) is 12.2. The van der Waals surface area contributed by atoms with Gasteiger partial charge in [0, 0.05) is 12.1 Å². The Morgan fingerprint density at radius 3 is 2.52 bits per heavy atom. The second-order valence-electron chi connectivity index (χ2n) is 5.10. The standard InChI is InChI=1S/C14H16ClF2NO3/c1-18-14(20)21-11(4-7-2-3-7)13(19)12-9(16)5-8(15)6-10(12)17/h5-7,11,13,19H,2-4H2,1H3,(H,18,20)/t11-,13?/m0/s1. The minimum Gasteiger partial charge on any atom is -0.443 e. The molecular formula is C14H16ClF2NO3. The van der Waals surface area contributed by atoms with E-state index in [0.717, 1.165) is 25.0 Å². The van der Waals surface area contributed by atoms with E-state index in [4.69, 9.17) is 16.3 Å². The Balaban J connectivity index is 2.23. The van der Waals surface area contributed by atoms with E-state index in [1.54, 1.807) is 0 Å².